The molecule has 5 nitrogen and oxygen atoms in total. The molecule has 2 aromatic heterocycles. The topological polar surface area (TPSA) is 60.3 Å². The Bertz CT molecular complexity index is 734. The summed E-state index contributed by atoms with van der Waals surface area (Å²) in [6, 6.07) is 4.00. The van der Waals surface area contributed by atoms with E-state index in [9.17, 15) is 9.59 Å². The SMILES string of the molecule is CCOC(=O)c1cc2sccc2n1CC(=O)N[C@@H]1CCCC[C@H]1C. The van der Waals surface area contributed by atoms with E-state index in [2.05, 4.69) is 12.2 Å². The molecular weight excluding hydrogens is 324 g/mol. The minimum absolute atomic E-state index is 0.0389. The first kappa shape index (κ1) is 17.0. The number of rotatable bonds is 5. The summed E-state index contributed by atoms with van der Waals surface area (Å²) in [7, 11) is 0. The van der Waals surface area contributed by atoms with Gasteiger partial charge in [-0.3, -0.25) is 4.79 Å². The smallest absolute Gasteiger partial charge is 0.355 e. The molecule has 1 amide bonds. The van der Waals surface area contributed by atoms with E-state index in [-0.39, 0.29) is 24.5 Å². The van der Waals surface area contributed by atoms with Crippen LogP contribution in [0.4, 0.5) is 0 Å². The monoisotopic (exact) mass is 348 g/mol. The number of thiophene rings is 1. The summed E-state index contributed by atoms with van der Waals surface area (Å²) in [6.45, 7) is 4.45. The summed E-state index contributed by atoms with van der Waals surface area (Å²) in [5.41, 5.74) is 1.36. The van der Waals surface area contributed by atoms with Gasteiger partial charge in [0.1, 0.15) is 12.2 Å². The average Bonchev–Trinajstić information content (AvgIpc) is 3.12. The number of fused-ring (bicyclic) bond motifs is 1. The molecule has 24 heavy (non-hydrogen) atoms. The van der Waals surface area contributed by atoms with Crippen molar-refractivity contribution in [3.63, 3.8) is 0 Å². The van der Waals surface area contributed by atoms with Gasteiger partial charge in [-0.2, -0.15) is 0 Å². The maximum Gasteiger partial charge on any atom is 0.355 e. The fourth-order valence-corrected chi connectivity index (χ4v) is 4.27. The summed E-state index contributed by atoms with van der Waals surface area (Å²) in [5, 5.41) is 5.12. The van der Waals surface area contributed by atoms with Crippen LogP contribution in [0.2, 0.25) is 0 Å². The zero-order valence-corrected chi connectivity index (χ0v) is 15.0. The second-order valence-electron chi connectivity index (χ2n) is 6.44. The van der Waals surface area contributed by atoms with E-state index in [0.29, 0.717) is 18.2 Å². The van der Waals surface area contributed by atoms with Crippen LogP contribution in [0.1, 0.15) is 50.0 Å². The molecular formula is C18H24N2O3S. The third-order valence-electron chi connectivity index (χ3n) is 4.77. The Morgan fingerprint density at radius 1 is 1.38 bits per heavy atom. The van der Waals surface area contributed by atoms with Crippen LogP contribution in [0.25, 0.3) is 10.2 Å². The third kappa shape index (κ3) is 3.48. The van der Waals surface area contributed by atoms with Gasteiger partial charge in [-0.05, 0) is 43.2 Å². The second-order valence-corrected chi connectivity index (χ2v) is 7.39. The van der Waals surface area contributed by atoms with Gasteiger partial charge in [0, 0.05) is 6.04 Å². The molecule has 0 aromatic carbocycles. The van der Waals surface area contributed by atoms with Crippen LogP contribution in [-0.2, 0) is 16.1 Å². The van der Waals surface area contributed by atoms with Crippen molar-refractivity contribution in [1.82, 2.24) is 9.88 Å². The van der Waals surface area contributed by atoms with E-state index >= 15 is 0 Å². The molecule has 2 aromatic rings. The molecule has 0 bridgehead atoms. The predicted octanol–water partition coefficient (Wildman–Crippen LogP) is 3.57. The minimum atomic E-state index is -0.375. The van der Waals surface area contributed by atoms with Gasteiger partial charge >= 0.3 is 5.97 Å². The molecule has 0 saturated heterocycles. The first-order valence-corrected chi connectivity index (χ1v) is 9.51. The van der Waals surface area contributed by atoms with E-state index in [1.165, 1.54) is 12.8 Å². The van der Waals surface area contributed by atoms with E-state index in [4.69, 9.17) is 4.74 Å². The normalized spacial score (nSPS) is 20.9. The Kier molecular flexibility index (Phi) is 5.23. The number of carbonyl (C=O) groups excluding carboxylic acids is 2. The van der Waals surface area contributed by atoms with Crippen LogP contribution in [-0.4, -0.2) is 29.1 Å². The zero-order chi connectivity index (χ0) is 17.1. The molecule has 2 heterocycles. The highest BCUT2D eigenvalue weighted by Gasteiger charge is 2.24. The highest BCUT2D eigenvalue weighted by Crippen LogP contribution is 2.26. The van der Waals surface area contributed by atoms with Crippen LogP contribution in [0.5, 0.6) is 0 Å². The van der Waals surface area contributed by atoms with Crippen LogP contribution in [0.3, 0.4) is 0 Å². The van der Waals surface area contributed by atoms with Gasteiger partial charge in [0.15, 0.2) is 0 Å². The minimum Gasteiger partial charge on any atom is -0.461 e. The van der Waals surface area contributed by atoms with Gasteiger partial charge in [0.05, 0.1) is 16.8 Å². The van der Waals surface area contributed by atoms with Crippen molar-refractivity contribution in [3.8, 4) is 0 Å². The van der Waals surface area contributed by atoms with Crippen molar-refractivity contribution in [3.05, 3.63) is 23.2 Å². The lowest BCUT2D eigenvalue weighted by molar-refractivity contribution is -0.122. The Labute approximate surface area is 146 Å². The number of esters is 1. The third-order valence-corrected chi connectivity index (χ3v) is 5.62. The maximum absolute atomic E-state index is 12.5. The zero-order valence-electron chi connectivity index (χ0n) is 14.2. The summed E-state index contributed by atoms with van der Waals surface area (Å²) in [4.78, 5) is 24.7. The Hall–Kier alpha value is -1.82. The molecule has 1 aliphatic carbocycles. The fourth-order valence-electron chi connectivity index (χ4n) is 3.45. The lowest BCUT2D eigenvalue weighted by Gasteiger charge is -2.29. The number of nitrogens with one attached hydrogen (secondary N) is 1. The molecule has 0 unspecified atom stereocenters. The van der Waals surface area contributed by atoms with Crippen molar-refractivity contribution in [2.45, 2.75) is 52.1 Å². The number of nitrogens with zero attached hydrogens (tertiary/aromatic N) is 1. The second kappa shape index (κ2) is 7.38. The number of ether oxygens (including phenoxy) is 1. The van der Waals surface area contributed by atoms with Crippen LogP contribution < -0.4 is 5.32 Å². The van der Waals surface area contributed by atoms with E-state index in [1.54, 1.807) is 22.8 Å². The Morgan fingerprint density at radius 3 is 2.92 bits per heavy atom. The van der Waals surface area contributed by atoms with Crippen molar-refractivity contribution in [2.24, 2.45) is 5.92 Å². The van der Waals surface area contributed by atoms with Crippen molar-refractivity contribution < 1.29 is 14.3 Å². The number of amides is 1. The molecule has 1 fully saturated rings. The van der Waals surface area contributed by atoms with Gasteiger partial charge in [-0.15, -0.1) is 11.3 Å². The number of hydrogen-bond acceptors (Lipinski definition) is 4. The molecule has 2 atom stereocenters. The molecule has 6 heteroatoms. The molecule has 1 saturated carbocycles. The van der Waals surface area contributed by atoms with Gasteiger partial charge in [-0.1, -0.05) is 19.8 Å². The maximum atomic E-state index is 12.5. The van der Waals surface area contributed by atoms with E-state index in [0.717, 1.165) is 23.1 Å². The molecule has 130 valence electrons. The predicted molar refractivity (Wildman–Crippen MR) is 95.3 cm³/mol. The molecule has 1 N–H and O–H groups in total. The first-order chi connectivity index (χ1) is 11.6. The van der Waals surface area contributed by atoms with Crippen LogP contribution >= 0.6 is 11.3 Å². The standard InChI is InChI=1S/C18H24N2O3S/c1-3-23-18(22)15-10-16-14(8-9-24-16)20(15)11-17(21)19-13-7-5-4-6-12(13)2/h8-10,12-13H,3-7,11H2,1-2H3,(H,19,21)/t12-,13-/m1/s1. The Balaban J connectivity index is 1.77. The highest BCUT2D eigenvalue weighted by atomic mass is 32.1. The van der Waals surface area contributed by atoms with Crippen molar-refractivity contribution in [2.75, 3.05) is 6.61 Å². The van der Waals surface area contributed by atoms with E-state index < -0.39 is 0 Å². The fraction of sp³-hybridized carbons (Fsp3) is 0.556. The van der Waals surface area contributed by atoms with Gasteiger partial charge in [-0.25, -0.2) is 4.79 Å². The lowest BCUT2D eigenvalue weighted by atomic mass is 9.86. The van der Waals surface area contributed by atoms with Crippen molar-refractivity contribution >= 4 is 33.4 Å². The number of carbonyl (C=O) groups is 2. The van der Waals surface area contributed by atoms with Crippen LogP contribution in [0.15, 0.2) is 17.5 Å². The molecule has 3 rings (SSSR count). The average molecular weight is 348 g/mol. The molecule has 0 spiro atoms. The molecule has 0 radical (unpaired) electrons. The summed E-state index contributed by atoms with van der Waals surface area (Å²) >= 11 is 1.56. The number of aromatic nitrogens is 1. The first-order valence-electron chi connectivity index (χ1n) is 8.63. The van der Waals surface area contributed by atoms with E-state index in [1.807, 2.05) is 17.5 Å². The van der Waals surface area contributed by atoms with Crippen molar-refractivity contribution in [1.29, 1.82) is 0 Å². The van der Waals surface area contributed by atoms with Gasteiger partial charge in [0.2, 0.25) is 5.91 Å². The van der Waals surface area contributed by atoms with Crippen LogP contribution in [0, 0.1) is 5.92 Å². The summed E-state index contributed by atoms with van der Waals surface area (Å²) in [6.07, 6.45) is 4.61. The molecule has 0 aliphatic heterocycles. The molecule has 1 aliphatic rings. The van der Waals surface area contributed by atoms with Gasteiger partial charge in [0.25, 0.3) is 0 Å². The summed E-state index contributed by atoms with van der Waals surface area (Å²) < 4.78 is 7.90. The Morgan fingerprint density at radius 2 is 2.17 bits per heavy atom. The van der Waals surface area contributed by atoms with Gasteiger partial charge < -0.3 is 14.6 Å². The largest absolute Gasteiger partial charge is 0.461 e. The highest BCUT2D eigenvalue weighted by molar-refractivity contribution is 7.17. The lowest BCUT2D eigenvalue weighted by Crippen LogP contribution is -2.42. The number of hydrogen-bond donors (Lipinski definition) is 1. The quantitative estimate of drug-likeness (QED) is 0.840. The summed E-state index contributed by atoms with van der Waals surface area (Å²) in [5.74, 6) is 0.0980.